The van der Waals surface area contributed by atoms with Gasteiger partial charge in [-0.2, -0.15) is 0 Å². The molecule has 2 N–H and O–H groups in total. The number of carbonyl (C=O) groups is 1. The van der Waals surface area contributed by atoms with Crippen LogP contribution in [0.3, 0.4) is 0 Å². The van der Waals surface area contributed by atoms with Crippen LogP contribution < -0.4 is 5.73 Å². The van der Waals surface area contributed by atoms with Crippen molar-refractivity contribution in [1.29, 1.82) is 0 Å². The van der Waals surface area contributed by atoms with Gasteiger partial charge >= 0.3 is 0 Å². The Labute approximate surface area is 110 Å². The van der Waals surface area contributed by atoms with E-state index < -0.39 is 5.41 Å². The van der Waals surface area contributed by atoms with E-state index in [9.17, 15) is 4.79 Å². The minimum Gasteiger partial charge on any atom is -0.392 e. The third kappa shape index (κ3) is 2.62. The number of rotatable bonds is 4. The molecule has 0 aromatic rings. The molecule has 0 bridgehead atoms. The molecule has 0 radical (unpaired) electrons. The molecule has 17 heavy (non-hydrogen) atoms. The van der Waals surface area contributed by atoms with Gasteiger partial charge in [0.15, 0.2) is 0 Å². The van der Waals surface area contributed by atoms with Gasteiger partial charge in [-0.3, -0.25) is 4.79 Å². The van der Waals surface area contributed by atoms with Crippen molar-refractivity contribution in [3.63, 3.8) is 0 Å². The monoisotopic (exact) mass is 256 g/mol. The van der Waals surface area contributed by atoms with E-state index in [0.717, 1.165) is 25.7 Å². The van der Waals surface area contributed by atoms with Crippen molar-refractivity contribution < 1.29 is 4.79 Å². The molecular weight excluding hydrogens is 232 g/mol. The van der Waals surface area contributed by atoms with Gasteiger partial charge in [0.2, 0.25) is 5.91 Å². The molecule has 0 aromatic heterocycles. The largest absolute Gasteiger partial charge is 0.392 e. The second kappa shape index (κ2) is 5.34. The highest BCUT2D eigenvalue weighted by Gasteiger charge is 2.46. The lowest BCUT2D eigenvalue weighted by molar-refractivity contribution is -0.139. The standard InChI is InChI=1S/C13H24N2OS/c1-9(2)10(3)15(4)12(16)13(11(14)17)7-5-6-8-13/h9-10H,5-8H2,1-4H3,(H2,14,17). The van der Waals surface area contributed by atoms with E-state index in [1.807, 2.05) is 11.9 Å². The number of hydrogen-bond donors (Lipinski definition) is 1. The molecule has 1 unspecified atom stereocenters. The van der Waals surface area contributed by atoms with Crippen molar-refractivity contribution in [2.24, 2.45) is 17.1 Å². The quantitative estimate of drug-likeness (QED) is 0.785. The highest BCUT2D eigenvalue weighted by Crippen LogP contribution is 2.40. The second-order valence-electron chi connectivity index (χ2n) is 5.55. The first-order valence-electron chi connectivity index (χ1n) is 6.40. The molecule has 0 heterocycles. The van der Waals surface area contributed by atoms with Crippen molar-refractivity contribution in [2.45, 2.75) is 52.5 Å². The molecule has 4 heteroatoms. The highest BCUT2D eigenvalue weighted by molar-refractivity contribution is 7.80. The number of nitrogens with two attached hydrogens (primary N) is 1. The van der Waals surface area contributed by atoms with Crippen molar-refractivity contribution in [1.82, 2.24) is 4.90 Å². The van der Waals surface area contributed by atoms with Crippen LogP contribution in [0.1, 0.15) is 46.5 Å². The molecular formula is C13H24N2OS. The van der Waals surface area contributed by atoms with E-state index >= 15 is 0 Å². The minimum atomic E-state index is -0.562. The van der Waals surface area contributed by atoms with Crippen LogP contribution >= 0.6 is 12.2 Å². The summed E-state index contributed by atoms with van der Waals surface area (Å²) in [6, 6.07) is 0.217. The summed E-state index contributed by atoms with van der Waals surface area (Å²) in [5.74, 6) is 0.553. The third-order valence-corrected chi connectivity index (χ3v) is 4.62. The third-order valence-electron chi connectivity index (χ3n) is 4.23. The summed E-state index contributed by atoms with van der Waals surface area (Å²) in [4.78, 5) is 14.8. The zero-order valence-corrected chi connectivity index (χ0v) is 12.1. The summed E-state index contributed by atoms with van der Waals surface area (Å²) in [6.45, 7) is 6.32. The van der Waals surface area contributed by atoms with Crippen molar-refractivity contribution in [3.05, 3.63) is 0 Å². The fourth-order valence-electron chi connectivity index (χ4n) is 2.51. The molecule has 98 valence electrons. The molecule has 0 aromatic carbocycles. The molecule has 1 atom stereocenters. The number of nitrogens with zero attached hydrogens (tertiary/aromatic N) is 1. The fourth-order valence-corrected chi connectivity index (χ4v) is 2.81. The summed E-state index contributed by atoms with van der Waals surface area (Å²) in [5, 5.41) is 0. The Bertz CT molecular complexity index is 309. The molecule has 0 aliphatic heterocycles. The predicted molar refractivity (Wildman–Crippen MR) is 74.8 cm³/mol. The first-order valence-corrected chi connectivity index (χ1v) is 6.81. The second-order valence-corrected chi connectivity index (χ2v) is 5.99. The molecule has 1 fully saturated rings. The molecule has 0 spiro atoms. The van der Waals surface area contributed by atoms with Crippen LogP contribution in [0.4, 0.5) is 0 Å². The summed E-state index contributed by atoms with van der Waals surface area (Å²) in [7, 11) is 1.87. The Morgan fingerprint density at radius 1 is 1.29 bits per heavy atom. The average Bonchev–Trinajstić information content (AvgIpc) is 2.76. The lowest BCUT2D eigenvalue weighted by atomic mass is 9.83. The van der Waals surface area contributed by atoms with Gasteiger partial charge in [0.05, 0.1) is 10.4 Å². The van der Waals surface area contributed by atoms with Gasteiger partial charge in [-0.05, 0) is 25.7 Å². The van der Waals surface area contributed by atoms with Gasteiger partial charge in [0.25, 0.3) is 0 Å². The molecule has 3 nitrogen and oxygen atoms in total. The summed E-state index contributed by atoms with van der Waals surface area (Å²) >= 11 is 5.15. The van der Waals surface area contributed by atoms with Crippen molar-refractivity contribution in [2.75, 3.05) is 7.05 Å². The molecule has 1 amide bonds. The Morgan fingerprint density at radius 2 is 1.76 bits per heavy atom. The maximum Gasteiger partial charge on any atom is 0.235 e. The molecule has 0 saturated heterocycles. The molecule has 1 rings (SSSR count). The predicted octanol–water partition coefficient (Wildman–Crippen LogP) is 2.34. The maximum absolute atomic E-state index is 12.6. The normalized spacial score (nSPS) is 20.3. The van der Waals surface area contributed by atoms with Gasteiger partial charge < -0.3 is 10.6 Å². The van der Waals surface area contributed by atoms with E-state index in [2.05, 4.69) is 20.8 Å². The lowest BCUT2D eigenvalue weighted by Crippen LogP contribution is -2.51. The van der Waals surface area contributed by atoms with Gasteiger partial charge in [0.1, 0.15) is 0 Å². The van der Waals surface area contributed by atoms with Crippen molar-refractivity contribution in [3.8, 4) is 0 Å². The SMILES string of the molecule is CC(C)C(C)N(C)C(=O)C1(C(N)=S)CCCC1. The lowest BCUT2D eigenvalue weighted by Gasteiger charge is -2.36. The smallest absolute Gasteiger partial charge is 0.235 e. The van der Waals surface area contributed by atoms with Crippen molar-refractivity contribution >= 4 is 23.1 Å². The van der Waals surface area contributed by atoms with Crippen LogP contribution in [0.2, 0.25) is 0 Å². The molecule has 1 saturated carbocycles. The average molecular weight is 256 g/mol. The van der Waals surface area contributed by atoms with Crippen LogP contribution in [-0.2, 0) is 4.79 Å². The highest BCUT2D eigenvalue weighted by atomic mass is 32.1. The van der Waals surface area contributed by atoms with Gasteiger partial charge in [-0.15, -0.1) is 0 Å². The topological polar surface area (TPSA) is 46.3 Å². The minimum absolute atomic E-state index is 0.115. The Kier molecular flexibility index (Phi) is 4.53. The van der Waals surface area contributed by atoms with Crippen LogP contribution in [0.5, 0.6) is 0 Å². The zero-order chi connectivity index (χ0) is 13.2. The molecule has 1 aliphatic rings. The Morgan fingerprint density at radius 3 is 2.12 bits per heavy atom. The number of hydrogen-bond acceptors (Lipinski definition) is 2. The number of carbonyl (C=O) groups excluding carboxylic acids is 1. The van der Waals surface area contributed by atoms with E-state index in [1.54, 1.807) is 0 Å². The van der Waals surface area contributed by atoms with E-state index in [-0.39, 0.29) is 11.9 Å². The summed E-state index contributed by atoms with van der Waals surface area (Å²) in [5.41, 5.74) is 5.27. The van der Waals surface area contributed by atoms with Crippen LogP contribution in [0.15, 0.2) is 0 Å². The van der Waals surface area contributed by atoms with Gasteiger partial charge in [-0.25, -0.2) is 0 Å². The van der Waals surface area contributed by atoms with E-state index in [4.69, 9.17) is 18.0 Å². The first kappa shape index (κ1) is 14.4. The summed E-state index contributed by atoms with van der Waals surface area (Å²) in [6.07, 6.45) is 3.73. The number of amides is 1. The first-order chi connectivity index (χ1) is 7.83. The Balaban J connectivity index is 2.90. The summed E-state index contributed by atoms with van der Waals surface area (Å²) < 4.78 is 0. The van der Waals surface area contributed by atoms with Gasteiger partial charge in [-0.1, -0.05) is 38.9 Å². The maximum atomic E-state index is 12.6. The fraction of sp³-hybridized carbons (Fsp3) is 0.846. The van der Waals surface area contributed by atoms with Crippen LogP contribution in [0.25, 0.3) is 0 Å². The van der Waals surface area contributed by atoms with Crippen LogP contribution in [-0.4, -0.2) is 28.9 Å². The number of thiocarbonyl (C=S) groups is 1. The van der Waals surface area contributed by atoms with Crippen LogP contribution in [0, 0.1) is 11.3 Å². The van der Waals surface area contributed by atoms with Gasteiger partial charge in [0, 0.05) is 13.1 Å². The zero-order valence-electron chi connectivity index (χ0n) is 11.3. The van der Waals surface area contributed by atoms with E-state index in [0.29, 0.717) is 10.9 Å². The Hall–Kier alpha value is -0.640. The molecule has 1 aliphatic carbocycles. The van der Waals surface area contributed by atoms with E-state index in [1.165, 1.54) is 0 Å².